The van der Waals surface area contributed by atoms with Crippen LogP contribution in [0.4, 0.5) is 0 Å². The highest BCUT2D eigenvalue weighted by atomic mass is 16.2. The molecule has 0 bridgehead atoms. The number of amides is 1. The molecule has 0 N–H and O–H groups in total. The minimum atomic E-state index is 0.178. The molecular weight excluding hydrogens is 222 g/mol. The number of likely N-dealkylation sites (tertiary alicyclic amines) is 1. The fourth-order valence-corrected chi connectivity index (χ4v) is 2.80. The fourth-order valence-electron chi connectivity index (χ4n) is 2.80. The van der Waals surface area contributed by atoms with E-state index in [9.17, 15) is 4.79 Å². The number of benzene rings is 2. The Morgan fingerprint density at radius 2 is 1.94 bits per heavy atom. The van der Waals surface area contributed by atoms with Crippen molar-refractivity contribution in [2.45, 2.75) is 25.8 Å². The van der Waals surface area contributed by atoms with Crippen LogP contribution in [0.15, 0.2) is 42.5 Å². The van der Waals surface area contributed by atoms with E-state index in [0.29, 0.717) is 6.04 Å². The molecule has 1 saturated heterocycles. The van der Waals surface area contributed by atoms with Crippen LogP contribution in [-0.2, 0) is 0 Å². The van der Waals surface area contributed by atoms with E-state index in [1.165, 1.54) is 0 Å². The van der Waals surface area contributed by atoms with Gasteiger partial charge in [-0.2, -0.15) is 0 Å². The van der Waals surface area contributed by atoms with Crippen LogP contribution in [-0.4, -0.2) is 23.4 Å². The number of carbonyl (C=O) groups excluding carboxylic acids is 1. The molecule has 0 spiro atoms. The molecule has 0 radical (unpaired) electrons. The molecule has 18 heavy (non-hydrogen) atoms. The van der Waals surface area contributed by atoms with Crippen molar-refractivity contribution >= 4 is 16.7 Å². The van der Waals surface area contributed by atoms with Crippen LogP contribution in [0.1, 0.15) is 30.1 Å². The monoisotopic (exact) mass is 239 g/mol. The molecule has 3 rings (SSSR count). The van der Waals surface area contributed by atoms with Gasteiger partial charge >= 0.3 is 0 Å². The Hall–Kier alpha value is -1.83. The lowest BCUT2D eigenvalue weighted by molar-refractivity contribution is 0.0749. The summed E-state index contributed by atoms with van der Waals surface area (Å²) >= 11 is 0. The normalized spacial score (nSPS) is 19.4. The third-order valence-corrected chi connectivity index (χ3v) is 3.83. The Morgan fingerprint density at radius 1 is 1.17 bits per heavy atom. The van der Waals surface area contributed by atoms with Gasteiger partial charge < -0.3 is 4.90 Å². The highest BCUT2D eigenvalue weighted by Gasteiger charge is 2.26. The van der Waals surface area contributed by atoms with Crippen molar-refractivity contribution in [1.82, 2.24) is 4.90 Å². The molecule has 1 atom stereocenters. The Kier molecular flexibility index (Phi) is 2.78. The van der Waals surface area contributed by atoms with Crippen molar-refractivity contribution in [3.8, 4) is 0 Å². The van der Waals surface area contributed by atoms with Gasteiger partial charge in [-0.25, -0.2) is 0 Å². The SMILES string of the molecule is CC1CCCN1C(=O)c1cccc2ccccc12. The lowest BCUT2D eigenvalue weighted by Crippen LogP contribution is -2.33. The Bertz CT molecular complexity index is 585. The molecule has 1 unspecified atom stereocenters. The summed E-state index contributed by atoms with van der Waals surface area (Å²) in [4.78, 5) is 14.6. The standard InChI is InChI=1S/C16H17NO/c1-12-6-5-11-17(12)16(18)15-10-4-8-13-7-2-3-9-14(13)15/h2-4,7-10,12H,5-6,11H2,1H3. The lowest BCUT2D eigenvalue weighted by atomic mass is 10.0. The topological polar surface area (TPSA) is 20.3 Å². The van der Waals surface area contributed by atoms with E-state index in [-0.39, 0.29) is 5.91 Å². The zero-order chi connectivity index (χ0) is 12.5. The number of rotatable bonds is 1. The summed E-state index contributed by atoms with van der Waals surface area (Å²) in [5.41, 5.74) is 0.835. The van der Waals surface area contributed by atoms with Gasteiger partial charge in [0, 0.05) is 18.2 Å². The Labute approximate surface area is 107 Å². The van der Waals surface area contributed by atoms with E-state index < -0.39 is 0 Å². The van der Waals surface area contributed by atoms with Gasteiger partial charge in [-0.15, -0.1) is 0 Å². The molecule has 2 aromatic carbocycles. The zero-order valence-electron chi connectivity index (χ0n) is 10.6. The number of hydrogen-bond donors (Lipinski definition) is 0. The highest BCUT2D eigenvalue weighted by molar-refractivity contribution is 6.07. The maximum absolute atomic E-state index is 12.6. The van der Waals surface area contributed by atoms with Crippen molar-refractivity contribution in [2.75, 3.05) is 6.54 Å². The Balaban J connectivity index is 2.06. The summed E-state index contributed by atoms with van der Waals surface area (Å²) < 4.78 is 0. The molecule has 1 heterocycles. The molecule has 2 heteroatoms. The summed E-state index contributed by atoms with van der Waals surface area (Å²) in [6, 6.07) is 14.4. The molecule has 1 amide bonds. The second-order valence-corrected chi connectivity index (χ2v) is 5.02. The molecule has 1 aliphatic rings. The first-order chi connectivity index (χ1) is 8.77. The van der Waals surface area contributed by atoms with Crippen molar-refractivity contribution in [3.05, 3.63) is 48.0 Å². The molecule has 0 aromatic heterocycles. The van der Waals surface area contributed by atoms with Gasteiger partial charge in [0.2, 0.25) is 0 Å². The maximum Gasteiger partial charge on any atom is 0.254 e. The van der Waals surface area contributed by atoms with E-state index in [0.717, 1.165) is 35.7 Å². The van der Waals surface area contributed by atoms with E-state index in [4.69, 9.17) is 0 Å². The van der Waals surface area contributed by atoms with E-state index in [2.05, 4.69) is 19.1 Å². The first kappa shape index (κ1) is 11.3. The average molecular weight is 239 g/mol. The molecule has 0 aliphatic carbocycles. The summed E-state index contributed by atoms with van der Waals surface area (Å²) in [6.07, 6.45) is 2.24. The molecular formula is C16H17NO. The van der Waals surface area contributed by atoms with Gasteiger partial charge in [0.15, 0.2) is 0 Å². The van der Waals surface area contributed by atoms with Crippen molar-refractivity contribution in [3.63, 3.8) is 0 Å². The van der Waals surface area contributed by atoms with E-state index in [1.807, 2.05) is 35.2 Å². The van der Waals surface area contributed by atoms with Crippen LogP contribution < -0.4 is 0 Å². The third-order valence-electron chi connectivity index (χ3n) is 3.83. The number of nitrogens with zero attached hydrogens (tertiary/aromatic N) is 1. The number of carbonyl (C=O) groups is 1. The minimum absolute atomic E-state index is 0.178. The predicted molar refractivity (Wildman–Crippen MR) is 73.7 cm³/mol. The van der Waals surface area contributed by atoms with Crippen LogP contribution in [0.5, 0.6) is 0 Å². The Morgan fingerprint density at radius 3 is 2.72 bits per heavy atom. The third kappa shape index (κ3) is 1.78. The highest BCUT2D eigenvalue weighted by Crippen LogP contribution is 2.24. The van der Waals surface area contributed by atoms with Crippen LogP contribution in [0, 0.1) is 0 Å². The second-order valence-electron chi connectivity index (χ2n) is 5.02. The number of fused-ring (bicyclic) bond motifs is 1. The van der Waals surface area contributed by atoms with E-state index >= 15 is 0 Å². The first-order valence-electron chi connectivity index (χ1n) is 6.56. The lowest BCUT2D eigenvalue weighted by Gasteiger charge is -2.22. The van der Waals surface area contributed by atoms with Crippen LogP contribution in [0.3, 0.4) is 0 Å². The summed E-state index contributed by atoms with van der Waals surface area (Å²) in [5.74, 6) is 0.178. The molecule has 2 nitrogen and oxygen atoms in total. The van der Waals surface area contributed by atoms with Gasteiger partial charge in [0.1, 0.15) is 0 Å². The van der Waals surface area contributed by atoms with Crippen LogP contribution in [0.2, 0.25) is 0 Å². The van der Waals surface area contributed by atoms with Crippen LogP contribution in [0.25, 0.3) is 10.8 Å². The summed E-state index contributed by atoms with van der Waals surface area (Å²) in [5, 5.41) is 2.19. The zero-order valence-corrected chi connectivity index (χ0v) is 10.6. The minimum Gasteiger partial charge on any atom is -0.336 e. The predicted octanol–water partition coefficient (Wildman–Crippen LogP) is 3.46. The van der Waals surface area contributed by atoms with Crippen molar-refractivity contribution in [1.29, 1.82) is 0 Å². The largest absolute Gasteiger partial charge is 0.336 e. The average Bonchev–Trinajstić information content (AvgIpc) is 2.83. The molecule has 0 saturated carbocycles. The summed E-state index contributed by atoms with van der Waals surface area (Å²) in [7, 11) is 0. The van der Waals surface area contributed by atoms with Gasteiger partial charge in [0.25, 0.3) is 5.91 Å². The second kappa shape index (κ2) is 4.45. The van der Waals surface area contributed by atoms with Crippen molar-refractivity contribution in [2.24, 2.45) is 0 Å². The maximum atomic E-state index is 12.6. The number of hydrogen-bond acceptors (Lipinski definition) is 1. The summed E-state index contributed by atoms with van der Waals surface area (Å²) in [6.45, 7) is 3.03. The molecule has 1 fully saturated rings. The molecule has 1 aliphatic heterocycles. The van der Waals surface area contributed by atoms with Gasteiger partial charge in [-0.1, -0.05) is 36.4 Å². The van der Waals surface area contributed by atoms with Gasteiger partial charge in [-0.3, -0.25) is 4.79 Å². The smallest absolute Gasteiger partial charge is 0.254 e. The molecule has 2 aromatic rings. The van der Waals surface area contributed by atoms with Crippen molar-refractivity contribution < 1.29 is 4.79 Å². The quantitative estimate of drug-likeness (QED) is 0.746. The van der Waals surface area contributed by atoms with E-state index in [1.54, 1.807) is 0 Å². The fraction of sp³-hybridized carbons (Fsp3) is 0.312. The van der Waals surface area contributed by atoms with Crippen LogP contribution >= 0.6 is 0 Å². The first-order valence-corrected chi connectivity index (χ1v) is 6.56. The van der Waals surface area contributed by atoms with Gasteiger partial charge in [0.05, 0.1) is 0 Å². The van der Waals surface area contributed by atoms with Gasteiger partial charge in [-0.05, 0) is 36.6 Å². The molecule has 92 valence electrons.